The van der Waals surface area contributed by atoms with Gasteiger partial charge in [-0.3, -0.25) is 4.90 Å². The van der Waals surface area contributed by atoms with Gasteiger partial charge >= 0.3 is 5.97 Å². The number of methoxy groups -OCH3 is 1. The molecular formula is C18H21ClN2O4S. The molecule has 1 N–H and O–H groups in total. The van der Waals surface area contributed by atoms with Crippen LogP contribution >= 0.6 is 22.9 Å². The number of thiazole rings is 1. The fourth-order valence-electron chi connectivity index (χ4n) is 3.06. The van der Waals surface area contributed by atoms with E-state index in [4.69, 9.17) is 21.1 Å². The first kappa shape index (κ1) is 19.3. The van der Waals surface area contributed by atoms with E-state index in [1.165, 1.54) is 18.4 Å². The Morgan fingerprint density at radius 1 is 1.50 bits per heavy atom. The molecule has 26 heavy (non-hydrogen) atoms. The number of esters is 1. The van der Waals surface area contributed by atoms with Gasteiger partial charge in [0, 0.05) is 18.0 Å². The molecule has 6 nitrogen and oxygen atoms in total. The Labute approximate surface area is 161 Å². The molecule has 2 unspecified atom stereocenters. The Kier molecular flexibility index (Phi) is 5.94. The van der Waals surface area contributed by atoms with Crippen molar-refractivity contribution in [3.63, 3.8) is 0 Å². The zero-order valence-corrected chi connectivity index (χ0v) is 16.2. The minimum atomic E-state index is -1.44. The molecule has 1 aromatic heterocycles. The summed E-state index contributed by atoms with van der Waals surface area (Å²) in [5, 5.41) is 12.6. The van der Waals surface area contributed by atoms with E-state index in [1.54, 1.807) is 17.5 Å². The van der Waals surface area contributed by atoms with Crippen LogP contribution in [0.4, 0.5) is 0 Å². The quantitative estimate of drug-likeness (QED) is 0.783. The average Bonchev–Trinajstić information content (AvgIpc) is 3.09. The van der Waals surface area contributed by atoms with Gasteiger partial charge in [-0.05, 0) is 31.0 Å². The number of rotatable bonds is 5. The van der Waals surface area contributed by atoms with Crippen molar-refractivity contribution in [1.82, 2.24) is 9.88 Å². The molecule has 2 aromatic rings. The Hall–Kier alpha value is -1.51. The lowest BCUT2D eigenvalue weighted by molar-refractivity contribution is -0.253. The molecule has 0 bridgehead atoms. The Bertz CT molecular complexity index is 767. The molecule has 1 fully saturated rings. The molecule has 1 aromatic carbocycles. The summed E-state index contributed by atoms with van der Waals surface area (Å²) in [6.07, 6.45) is 0.787. The van der Waals surface area contributed by atoms with Gasteiger partial charge in [0.1, 0.15) is 5.69 Å². The van der Waals surface area contributed by atoms with Crippen LogP contribution in [-0.4, -0.2) is 53.8 Å². The molecule has 1 aliphatic rings. The lowest BCUT2D eigenvalue weighted by Crippen LogP contribution is -2.53. The lowest BCUT2D eigenvalue weighted by Gasteiger charge is -2.41. The summed E-state index contributed by atoms with van der Waals surface area (Å²) in [7, 11) is 1.37. The topological polar surface area (TPSA) is 71.9 Å². The molecule has 0 saturated carbocycles. The standard InChI is InChI=1S/C18H21ClN2O4S/c1-12(9-13-3-5-14(6-4-13)16(22)24-2)21-7-8-25-18(23,11-21)15-10-26-17(19)20-15/h3-6,10,12,23H,7-9,11H2,1-2H3. The van der Waals surface area contributed by atoms with Crippen LogP contribution in [0.2, 0.25) is 4.47 Å². The molecule has 1 aliphatic heterocycles. The Morgan fingerprint density at radius 3 is 2.85 bits per heavy atom. The predicted octanol–water partition coefficient (Wildman–Crippen LogP) is 2.69. The second kappa shape index (κ2) is 8.02. The van der Waals surface area contributed by atoms with Crippen molar-refractivity contribution in [3.8, 4) is 0 Å². The van der Waals surface area contributed by atoms with Crippen LogP contribution in [0.1, 0.15) is 28.5 Å². The van der Waals surface area contributed by atoms with E-state index in [2.05, 4.69) is 16.8 Å². The second-order valence-corrected chi connectivity index (χ2v) is 7.77. The number of carbonyl (C=O) groups is 1. The Morgan fingerprint density at radius 2 is 2.23 bits per heavy atom. The molecule has 2 heterocycles. The number of nitrogens with zero attached hydrogens (tertiary/aromatic N) is 2. The zero-order valence-electron chi connectivity index (χ0n) is 14.6. The minimum absolute atomic E-state index is 0.184. The van der Waals surface area contributed by atoms with E-state index < -0.39 is 5.79 Å². The molecule has 0 aliphatic carbocycles. The van der Waals surface area contributed by atoms with Crippen molar-refractivity contribution in [2.75, 3.05) is 26.8 Å². The predicted molar refractivity (Wildman–Crippen MR) is 99.5 cm³/mol. The number of benzene rings is 1. The molecule has 8 heteroatoms. The summed E-state index contributed by atoms with van der Waals surface area (Å²) in [6.45, 7) is 3.57. The first-order valence-electron chi connectivity index (χ1n) is 8.30. The zero-order chi connectivity index (χ0) is 18.7. The number of halogens is 1. The maximum Gasteiger partial charge on any atom is 0.337 e. The van der Waals surface area contributed by atoms with Crippen LogP contribution in [0, 0.1) is 0 Å². The van der Waals surface area contributed by atoms with Gasteiger partial charge in [-0.15, -0.1) is 11.3 Å². The number of ether oxygens (including phenoxy) is 2. The first-order chi connectivity index (χ1) is 12.4. The summed E-state index contributed by atoms with van der Waals surface area (Å²) >= 11 is 7.16. The van der Waals surface area contributed by atoms with Crippen LogP contribution in [-0.2, 0) is 21.7 Å². The maximum absolute atomic E-state index is 11.5. The number of β-amino-alcohol motifs (C(OH)–C–C–N with tert-alkyl or cyclic N) is 1. The van der Waals surface area contributed by atoms with Gasteiger partial charge in [-0.1, -0.05) is 23.7 Å². The van der Waals surface area contributed by atoms with Gasteiger partial charge in [0.2, 0.25) is 5.79 Å². The van der Waals surface area contributed by atoms with Crippen molar-refractivity contribution < 1.29 is 19.4 Å². The van der Waals surface area contributed by atoms with E-state index in [-0.39, 0.29) is 12.0 Å². The van der Waals surface area contributed by atoms with E-state index in [0.29, 0.717) is 28.9 Å². The third-order valence-electron chi connectivity index (χ3n) is 4.54. The highest BCUT2D eigenvalue weighted by Crippen LogP contribution is 2.30. The van der Waals surface area contributed by atoms with Gasteiger partial charge in [0.25, 0.3) is 0 Å². The monoisotopic (exact) mass is 396 g/mol. The molecule has 0 radical (unpaired) electrons. The SMILES string of the molecule is COC(=O)c1ccc(CC(C)N2CCOC(O)(c3csc(Cl)n3)C2)cc1. The summed E-state index contributed by atoms with van der Waals surface area (Å²) < 4.78 is 10.7. The van der Waals surface area contributed by atoms with Crippen LogP contribution in [0.25, 0.3) is 0 Å². The van der Waals surface area contributed by atoms with Crippen molar-refractivity contribution in [1.29, 1.82) is 0 Å². The van der Waals surface area contributed by atoms with E-state index in [0.717, 1.165) is 18.5 Å². The highest BCUT2D eigenvalue weighted by molar-refractivity contribution is 7.13. The van der Waals surface area contributed by atoms with Gasteiger partial charge in [0.15, 0.2) is 4.47 Å². The van der Waals surface area contributed by atoms with Crippen LogP contribution < -0.4 is 0 Å². The van der Waals surface area contributed by atoms with Gasteiger partial charge in [-0.25, -0.2) is 9.78 Å². The summed E-state index contributed by atoms with van der Waals surface area (Å²) in [4.78, 5) is 17.8. The third kappa shape index (κ3) is 4.24. The lowest BCUT2D eigenvalue weighted by atomic mass is 10.0. The van der Waals surface area contributed by atoms with Crippen LogP contribution in [0.15, 0.2) is 29.6 Å². The third-order valence-corrected chi connectivity index (χ3v) is 5.52. The van der Waals surface area contributed by atoms with Crippen molar-refractivity contribution in [2.45, 2.75) is 25.2 Å². The summed E-state index contributed by atoms with van der Waals surface area (Å²) in [5.41, 5.74) is 2.09. The average molecular weight is 397 g/mol. The van der Waals surface area contributed by atoms with Gasteiger partial charge < -0.3 is 14.6 Å². The number of hydrogen-bond donors (Lipinski definition) is 1. The normalized spacial score (nSPS) is 22.2. The van der Waals surface area contributed by atoms with Crippen LogP contribution in [0.5, 0.6) is 0 Å². The first-order valence-corrected chi connectivity index (χ1v) is 9.56. The van der Waals surface area contributed by atoms with E-state index in [9.17, 15) is 9.90 Å². The molecule has 2 atom stereocenters. The fourth-order valence-corrected chi connectivity index (χ4v) is 3.88. The molecule has 3 rings (SSSR count). The minimum Gasteiger partial charge on any atom is -0.465 e. The maximum atomic E-state index is 11.5. The molecule has 0 amide bonds. The van der Waals surface area contributed by atoms with Crippen LogP contribution in [0.3, 0.4) is 0 Å². The van der Waals surface area contributed by atoms with E-state index >= 15 is 0 Å². The number of carbonyl (C=O) groups excluding carboxylic acids is 1. The molecular weight excluding hydrogens is 376 g/mol. The van der Waals surface area contributed by atoms with Gasteiger partial charge in [0.05, 0.1) is 25.8 Å². The fraction of sp³-hybridized carbons (Fsp3) is 0.444. The number of aliphatic hydroxyl groups is 1. The highest BCUT2D eigenvalue weighted by Gasteiger charge is 2.39. The summed E-state index contributed by atoms with van der Waals surface area (Å²) in [6, 6.07) is 7.57. The summed E-state index contributed by atoms with van der Waals surface area (Å²) in [5.74, 6) is -1.78. The largest absolute Gasteiger partial charge is 0.465 e. The number of aromatic nitrogens is 1. The second-order valence-electron chi connectivity index (χ2n) is 6.33. The Balaban J connectivity index is 1.66. The van der Waals surface area contributed by atoms with Gasteiger partial charge in [-0.2, -0.15) is 0 Å². The van der Waals surface area contributed by atoms with Crippen molar-refractivity contribution in [3.05, 3.63) is 50.9 Å². The van der Waals surface area contributed by atoms with Crippen molar-refractivity contribution in [2.24, 2.45) is 0 Å². The molecule has 1 saturated heterocycles. The molecule has 0 spiro atoms. The van der Waals surface area contributed by atoms with E-state index in [1.807, 2.05) is 12.1 Å². The highest BCUT2D eigenvalue weighted by atomic mass is 35.5. The smallest absolute Gasteiger partial charge is 0.337 e. The number of morpholine rings is 1. The number of hydrogen-bond acceptors (Lipinski definition) is 7. The van der Waals surface area contributed by atoms with Crippen molar-refractivity contribution >= 4 is 28.9 Å². The molecule has 140 valence electrons.